The van der Waals surface area contributed by atoms with E-state index in [0.717, 1.165) is 46.0 Å². The first-order chi connectivity index (χ1) is 13.3. The summed E-state index contributed by atoms with van der Waals surface area (Å²) in [7, 11) is 0. The van der Waals surface area contributed by atoms with Gasteiger partial charge in [-0.05, 0) is 70.2 Å². The van der Waals surface area contributed by atoms with Crippen LogP contribution in [-0.2, 0) is 37.5 Å². The molecule has 155 valence electrons. The van der Waals surface area contributed by atoms with Crippen LogP contribution in [0, 0.1) is 20.8 Å². The molecule has 0 atom stereocenters. The number of likely N-dealkylation sites (N-methyl/N-ethyl adjacent to an activating group) is 1. The number of quaternary nitrogens is 1. The number of halogens is 1. The summed E-state index contributed by atoms with van der Waals surface area (Å²) in [6, 6.07) is 14.1. The van der Waals surface area contributed by atoms with E-state index in [1.165, 1.54) is 24.8 Å². The van der Waals surface area contributed by atoms with Gasteiger partial charge in [-0.15, -0.1) is 0 Å². The van der Waals surface area contributed by atoms with Crippen molar-refractivity contribution in [1.29, 1.82) is 0 Å². The van der Waals surface area contributed by atoms with Crippen molar-refractivity contribution in [2.45, 2.75) is 47.0 Å². The third-order valence-electron chi connectivity index (χ3n) is 5.62. The number of anilines is 1. The van der Waals surface area contributed by atoms with Crippen LogP contribution in [0.1, 0.15) is 42.9 Å². The Hall–Kier alpha value is -0.736. The number of piperidine rings is 1. The molecule has 0 saturated carbocycles. The number of amides is 1. The van der Waals surface area contributed by atoms with Gasteiger partial charge in [-0.1, -0.05) is 47.5 Å². The summed E-state index contributed by atoms with van der Waals surface area (Å²) < 4.78 is 0.928. The van der Waals surface area contributed by atoms with Crippen molar-refractivity contribution in [3.63, 3.8) is 0 Å². The minimum absolute atomic E-state index is 0. The summed E-state index contributed by atoms with van der Waals surface area (Å²) >= 11 is 6.04. The molecule has 2 aromatic rings. The van der Waals surface area contributed by atoms with E-state index in [1.54, 1.807) is 0 Å². The molecule has 0 aliphatic carbocycles. The number of carbonyl (C=O) groups excluding carboxylic acids is 1. The predicted octanol–water partition coefficient (Wildman–Crippen LogP) is 5.91. The largest absolute Gasteiger partial charge is 0.321 e. The second kappa shape index (κ2) is 12.8. The number of aryl methyl sites for hydroxylation is 3. The molecule has 3 nitrogen and oxygen atoms in total. The summed E-state index contributed by atoms with van der Waals surface area (Å²) in [5.41, 5.74) is 4.28. The van der Waals surface area contributed by atoms with Crippen molar-refractivity contribution in [1.82, 2.24) is 0 Å². The van der Waals surface area contributed by atoms with Gasteiger partial charge in [0.05, 0.1) is 19.6 Å². The fourth-order valence-corrected chi connectivity index (χ4v) is 4.22. The molecule has 1 N–H and O–H groups in total. The van der Waals surface area contributed by atoms with E-state index < -0.39 is 0 Å². The van der Waals surface area contributed by atoms with E-state index in [4.69, 9.17) is 11.6 Å². The van der Waals surface area contributed by atoms with E-state index >= 15 is 0 Å². The molecule has 1 fully saturated rings. The van der Waals surface area contributed by atoms with Gasteiger partial charge in [-0.2, -0.15) is 0 Å². The zero-order chi connectivity index (χ0) is 20.6. The van der Waals surface area contributed by atoms with Gasteiger partial charge in [0.2, 0.25) is 0 Å². The molecule has 0 bridgehead atoms. The molecule has 0 aromatic heterocycles. The number of likely N-dealkylation sites (tertiary alicyclic amines) is 1. The van der Waals surface area contributed by atoms with Crippen LogP contribution in [-0.4, -0.2) is 36.6 Å². The third kappa shape index (κ3) is 8.49. The van der Waals surface area contributed by atoms with E-state index in [0.29, 0.717) is 6.54 Å². The minimum Gasteiger partial charge on any atom is -0.321 e. The normalized spacial score (nSPS) is 14.8. The standard InChI is InChI=1S/C17H25ClN2O.C7H8.Y/c1-4-20(8-6-5-7-9-20)12-16(21)19-17-13(2)10-15(18)11-14(17)3;1-7-5-3-2-4-6-7;/h10-11H,4-9,12H2,1-3H3;2-6H,1H3;/p+1. The molecule has 0 spiro atoms. The Morgan fingerprint density at radius 2 is 1.55 bits per heavy atom. The van der Waals surface area contributed by atoms with Gasteiger partial charge in [0.15, 0.2) is 6.54 Å². The summed E-state index contributed by atoms with van der Waals surface area (Å²) in [4.78, 5) is 12.5. The number of hydrogen-bond acceptors (Lipinski definition) is 1. The Labute approximate surface area is 206 Å². The molecule has 3 rings (SSSR count). The van der Waals surface area contributed by atoms with Crippen LogP contribution in [0.15, 0.2) is 42.5 Å². The van der Waals surface area contributed by atoms with Crippen molar-refractivity contribution in [2.24, 2.45) is 0 Å². The van der Waals surface area contributed by atoms with Crippen molar-refractivity contribution >= 4 is 23.2 Å². The quantitative estimate of drug-likeness (QED) is 0.530. The molecule has 0 unspecified atom stereocenters. The Kier molecular flexibility index (Phi) is 11.6. The van der Waals surface area contributed by atoms with Gasteiger partial charge in [-0.25, -0.2) is 0 Å². The molecular formula is C24H34ClN2OY+. The molecule has 1 radical (unpaired) electrons. The van der Waals surface area contributed by atoms with E-state index in [2.05, 4.69) is 31.3 Å². The van der Waals surface area contributed by atoms with Crippen LogP contribution in [0.2, 0.25) is 5.02 Å². The molecule has 1 heterocycles. The van der Waals surface area contributed by atoms with E-state index in [-0.39, 0.29) is 38.6 Å². The topological polar surface area (TPSA) is 29.1 Å². The van der Waals surface area contributed by atoms with Gasteiger partial charge in [0, 0.05) is 43.4 Å². The van der Waals surface area contributed by atoms with Crippen LogP contribution >= 0.6 is 11.6 Å². The van der Waals surface area contributed by atoms with Crippen LogP contribution in [0.4, 0.5) is 5.69 Å². The first-order valence-electron chi connectivity index (χ1n) is 10.3. The maximum Gasteiger partial charge on any atom is 0.279 e. The second-order valence-electron chi connectivity index (χ2n) is 7.94. The molecule has 5 heteroatoms. The minimum atomic E-state index is 0. The number of hydrogen-bond donors (Lipinski definition) is 1. The smallest absolute Gasteiger partial charge is 0.279 e. The molecular weight excluding hydrogens is 457 g/mol. The second-order valence-corrected chi connectivity index (χ2v) is 8.38. The Morgan fingerprint density at radius 1 is 1.00 bits per heavy atom. The summed E-state index contributed by atoms with van der Waals surface area (Å²) in [5, 5.41) is 3.82. The average molecular weight is 491 g/mol. The number of nitrogens with one attached hydrogen (secondary N) is 1. The van der Waals surface area contributed by atoms with Crippen molar-refractivity contribution in [3.8, 4) is 0 Å². The summed E-state index contributed by atoms with van der Waals surface area (Å²) in [6.45, 7) is 12.1. The zero-order valence-corrected chi connectivity index (χ0v) is 21.9. The van der Waals surface area contributed by atoms with Crippen molar-refractivity contribution in [3.05, 3.63) is 64.2 Å². The molecule has 2 aromatic carbocycles. The van der Waals surface area contributed by atoms with Gasteiger partial charge < -0.3 is 9.80 Å². The monoisotopic (exact) mass is 490 g/mol. The van der Waals surface area contributed by atoms with Crippen LogP contribution in [0.25, 0.3) is 0 Å². The Balaban J connectivity index is 0.000000445. The predicted molar refractivity (Wildman–Crippen MR) is 120 cm³/mol. The molecule has 29 heavy (non-hydrogen) atoms. The maximum absolute atomic E-state index is 12.5. The van der Waals surface area contributed by atoms with Gasteiger partial charge in [0.25, 0.3) is 5.91 Å². The van der Waals surface area contributed by atoms with E-state index in [1.807, 2.05) is 44.2 Å². The van der Waals surface area contributed by atoms with Crippen molar-refractivity contribution < 1.29 is 42.0 Å². The fourth-order valence-electron chi connectivity index (χ4n) is 3.89. The van der Waals surface area contributed by atoms with Crippen LogP contribution < -0.4 is 5.32 Å². The molecule has 1 amide bonds. The number of carbonyl (C=O) groups is 1. The van der Waals surface area contributed by atoms with E-state index in [9.17, 15) is 4.79 Å². The number of benzene rings is 2. The maximum atomic E-state index is 12.5. The van der Waals surface area contributed by atoms with Gasteiger partial charge in [0.1, 0.15) is 0 Å². The Bertz CT molecular complexity index is 751. The molecule has 1 aliphatic heterocycles. The average Bonchev–Trinajstić information content (AvgIpc) is 2.66. The van der Waals surface area contributed by atoms with Gasteiger partial charge >= 0.3 is 0 Å². The molecule has 1 saturated heterocycles. The first kappa shape index (κ1) is 26.3. The number of rotatable bonds is 4. The summed E-state index contributed by atoms with van der Waals surface area (Å²) in [6.07, 6.45) is 3.78. The van der Waals surface area contributed by atoms with Gasteiger partial charge in [-0.3, -0.25) is 4.79 Å². The van der Waals surface area contributed by atoms with Crippen molar-refractivity contribution in [2.75, 3.05) is 31.5 Å². The van der Waals surface area contributed by atoms with Crippen LogP contribution in [0.3, 0.4) is 0 Å². The zero-order valence-electron chi connectivity index (χ0n) is 18.3. The SMILES string of the molecule is CC[N+]1(CC(=O)Nc2c(C)cc(Cl)cc2C)CCCCC1.Cc1ccccc1.[Y]. The fraction of sp³-hybridized carbons (Fsp3) is 0.458. The first-order valence-corrected chi connectivity index (χ1v) is 10.7. The molecule has 1 aliphatic rings. The number of nitrogens with zero attached hydrogens (tertiary/aromatic N) is 1. The van der Waals surface area contributed by atoms with Crippen LogP contribution in [0.5, 0.6) is 0 Å². The third-order valence-corrected chi connectivity index (χ3v) is 5.84. The Morgan fingerprint density at radius 3 is 2.00 bits per heavy atom. The summed E-state index contributed by atoms with van der Waals surface area (Å²) in [5.74, 6) is 0.118.